The molecule has 1 unspecified atom stereocenters. The van der Waals surface area contributed by atoms with Gasteiger partial charge in [0.25, 0.3) is 0 Å². The molecule has 0 saturated heterocycles. The van der Waals surface area contributed by atoms with Gasteiger partial charge in [0.2, 0.25) is 10.0 Å². The van der Waals surface area contributed by atoms with Crippen LogP contribution in [-0.2, 0) is 10.0 Å². The van der Waals surface area contributed by atoms with Gasteiger partial charge in [0.05, 0.1) is 5.02 Å². The van der Waals surface area contributed by atoms with Gasteiger partial charge in [0.1, 0.15) is 4.90 Å². The van der Waals surface area contributed by atoms with Crippen LogP contribution in [-0.4, -0.2) is 26.7 Å². The summed E-state index contributed by atoms with van der Waals surface area (Å²) in [5.74, 6) is 0.0362. The molecule has 2 N–H and O–H groups in total. The van der Waals surface area contributed by atoms with Gasteiger partial charge >= 0.3 is 0 Å². The van der Waals surface area contributed by atoms with Gasteiger partial charge in [0.15, 0.2) is 0 Å². The smallest absolute Gasteiger partial charge is 0.242 e. The Morgan fingerprint density at radius 3 is 2.50 bits per heavy atom. The molecule has 0 amide bonds. The summed E-state index contributed by atoms with van der Waals surface area (Å²) in [6.07, 6.45) is 0.532. The van der Waals surface area contributed by atoms with Crippen LogP contribution in [0.2, 0.25) is 10.0 Å². The predicted octanol–water partition coefficient (Wildman–Crippen LogP) is 2.91. The third-order valence-electron chi connectivity index (χ3n) is 3.10. The van der Waals surface area contributed by atoms with Crippen LogP contribution in [0.5, 0.6) is 0 Å². The van der Waals surface area contributed by atoms with Crippen molar-refractivity contribution >= 4 is 33.2 Å². The average molecular weight is 340 g/mol. The minimum atomic E-state index is -3.73. The van der Waals surface area contributed by atoms with E-state index in [2.05, 4.69) is 4.72 Å². The monoisotopic (exact) mass is 339 g/mol. The first-order chi connectivity index (χ1) is 9.20. The first kappa shape index (κ1) is 17.7. The minimum Gasteiger partial charge on any atom is -0.396 e. The molecule has 7 heteroatoms. The predicted molar refractivity (Wildman–Crippen MR) is 82.0 cm³/mol. The fourth-order valence-electron chi connectivity index (χ4n) is 1.78. The van der Waals surface area contributed by atoms with E-state index in [9.17, 15) is 8.42 Å². The SMILES string of the molecule is Cc1cc(Cl)c(C)c(S(=O)(=O)NCC(C)CCO)c1Cl. The molecule has 0 aliphatic rings. The highest BCUT2D eigenvalue weighted by molar-refractivity contribution is 7.89. The number of halogens is 2. The van der Waals surface area contributed by atoms with Crippen LogP contribution in [0.3, 0.4) is 0 Å². The number of aliphatic hydroxyl groups excluding tert-OH is 1. The normalized spacial score (nSPS) is 13.5. The lowest BCUT2D eigenvalue weighted by atomic mass is 10.1. The van der Waals surface area contributed by atoms with Crippen molar-refractivity contribution in [3.63, 3.8) is 0 Å². The number of aryl methyl sites for hydroxylation is 1. The lowest BCUT2D eigenvalue weighted by Crippen LogP contribution is -2.29. The zero-order valence-corrected chi connectivity index (χ0v) is 14.0. The van der Waals surface area contributed by atoms with E-state index >= 15 is 0 Å². The van der Waals surface area contributed by atoms with Crippen molar-refractivity contribution in [2.75, 3.05) is 13.2 Å². The third kappa shape index (κ3) is 4.09. The second kappa shape index (κ2) is 7.09. The minimum absolute atomic E-state index is 0.0267. The second-order valence-corrected chi connectivity index (χ2v) is 7.40. The quantitative estimate of drug-likeness (QED) is 0.837. The number of aliphatic hydroxyl groups is 1. The summed E-state index contributed by atoms with van der Waals surface area (Å²) in [6.45, 7) is 5.46. The molecule has 0 saturated carbocycles. The molecule has 20 heavy (non-hydrogen) atoms. The summed E-state index contributed by atoms with van der Waals surface area (Å²) in [6, 6.07) is 1.65. The number of nitrogens with one attached hydrogen (secondary N) is 1. The summed E-state index contributed by atoms with van der Waals surface area (Å²) in [5.41, 5.74) is 1.05. The summed E-state index contributed by atoms with van der Waals surface area (Å²) < 4.78 is 27.3. The topological polar surface area (TPSA) is 66.4 Å². The van der Waals surface area contributed by atoms with Crippen LogP contribution in [0.15, 0.2) is 11.0 Å². The second-order valence-electron chi connectivity index (χ2n) is 4.91. The molecule has 0 bridgehead atoms. The van der Waals surface area contributed by atoms with Gasteiger partial charge in [-0.3, -0.25) is 0 Å². The van der Waals surface area contributed by atoms with Crippen molar-refractivity contribution in [2.24, 2.45) is 5.92 Å². The summed E-state index contributed by atoms with van der Waals surface area (Å²) in [7, 11) is -3.73. The molecule has 0 spiro atoms. The van der Waals surface area contributed by atoms with Crippen molar-refractivity contribution in [1.29, 1.82) is 0 Å². The Balaban J connectivity index is 3.10. The number of benzene rings is 1. The molecule has 0 radical (unpaired) electrons. The molecule has 0 heterocycles. The van der Waals surface area contributed by atoms with Gasteiger partial charge in [-0.1, -0.05) is 30.1 Å². The fourth-order valence-corrected chi connectivity index (χ4v) is 4.15. The van der Waals surface area contributed by atoms with Crippen molar-refractivity contribution in [2.45, 2.75) is 32.1 Å². The van der Waals surface area contributed by atoms with Crippen molar-refractivity contribution < 1.29 is 13.5 Å². The Hall–Kier alpha value is -0.330. The Labute approximate surface area is 130 Å². The largest absolute Gasteiger partial charge is 0.396 e. The van der Waals surface area contributed by atoms with Crippen LogP contribution in [0.1, 0.15) is 24.5 Å². The van der Waals surface area contributed by atoms with Crippen LogP contribution in [0.4, 0.5) is 0 Å². The average Bonchev–Trinajstić information content (AvgIpc) is 2.35. The fraction of sp³-hybridized carbons (Fsp3) is 0.538. The molecule has 114 valence electrons. The lowest BCUT2D eigenvalue weighted by Gasteiger charge is -2.16. The van der Waals surface area contributed by atoms with Gasteiger partial charge in [-0.05, 0) is 43.4 Å². The molecule has 1 aromatic carbocycles. The molecule has 0 aliphatic heterocycles. The van der Waals surface area contributed by atoms with Gasteiger partial charge < -0.3 is 5.11 Å². The standard InChI is InChI=1S/C13H19Cl2NO3S/c1-8(4-5-17)7-16-20(18,19)13-10(3)11(14)6-9(2)12(13)15/h6,8,16-17H,4-5,7H2,1-3H3. The Kier molecular flexibility index (Phi) is 6.28. The highest BCUT2D eigenvalue weighted by Crippen LogP contribution is 2.33. The summed E-state index contributed by atoms with van der Waals surface area (Å²) in [5, 5.41) is 9.39. The maximum Gasteiger partial charge on any atom is 0.242 e. The van der Waals surface area contributed by atoms with E-state index in [0.717, 1.165) is 0 Å². The zero-order valence-electron chi connectivity index (χ0n) is 11.7. The lowest BCUT2D eigenvalue weighted by molar-refractivity contribution is 0.263. The Bertz CT molecular complexity index is 562. The third-order valence-corrected chi connectivity index (χ3v) is 5.69. The summed E-state index contributed by atoms with van der Waals surface area (Å²) >= 11 is 12.1. The van der Waals surface area contributed by atoms with E-state index in [1.165, 1.54) is 0 Å². The molecule has 1 atom stereocenters. The van der Waals surface area contributed by atoms with E-state index in [4.69, 9.17) is 28.3 Å². The molecule has 1 rings (SSSR count). The van der Waals surface area contributed by atoms with Crippen molar-refractivity contribution in [3.8, 4) is 0 Å². The first-order valence-electron chi connectivity index (χ1n) is 6.26. The molecule has 0 aliphatic carbocycles. The maximum atomic E-state index is 12.4. The van der Waals surface area contributed by atoms with Gasteiger partial charge in [-0.15, -0.1) is 0 Å². The molecule has 4 nitrogen and oxygen atoms in total. The van der Waals surface area contributed by atoms with Gasteiger partial charge in [0, 0.05) is 18.2 Å². The van der Waals surface area contributed by atoms with Crippen molar-refractivity contribution in [1.82, 2.24) is 4.72 Å². The Morgan fingerprint density at radius 2 is 1.95 bits per heavy atom. The number of hydrogen-bond donors (Lipinski definition) is 2. The van der Waals surface area contributed by atoms with Crippen LogP contribution in [0.25, 0.3) is 0 Å². The molecule has 1 aromatic rings. The van der Waals surface area contributed by atoms with Crippen LogP contribution < -0.4 is 4.72 Å². The highest BCUT2D eigenvalue weighted by atomic mass is 35.5. The number of rotatable bonds is 6. The van der Waals surface area contributed by atoms with E-state index in [1.54, 1.807) is 19.9 Å². The zero-order chi connectivity index (χ0) is 15.5. The summed E-state index contributed by atoms with van der Waals surface area (Å²) in [4.78, 5) is 0.0281. The van der Waals surface area contributed by atoms with E-state index in [0.29, 0.717) is 22.6 Å². The molecular weight excluding hydrogens is 321 g/mol. The van der Waals surface area contributed by atoms with E-state index in [-0.39, 0.29) is 29.0 Å². The van der Waals surface area contributed by atoms with Crippen molar-refractivity contribution in [3.05, 3.63) is 27.2 Å². The van der Waals surface area contributed by atoms with Crippen LogP contribution in [0, 0.1) is 19.8 Å². The van der Waals surface area contributed by atoms with Gasteiger partial charge in [-0.2, -0.15) is 0 Å². The maximum absolute atomic E-state index is 12.4. The molecule has 0 aromatic heterocycles. The highest BCUT2D eigenvalue weighted by Gasteiger charge is 2.24. The molecular formula is C13H19Cl2NO3S. The first-order valence-corrected chi connectivity index (χ1v) is 8.50. The molecule has 0 fully saturated rings. The Morgan fingerprint density at radius 1 is 1.35 bits per heavy atom. The number of sulfonamides is 1. The van der Waals surface area contributed by atoms with E-state index < -0.39 is 10.0 Å². The van der Waals surface area contributed by atoms with Crippen LogP contribution >= 0.6 is 23.2 Å². The van der Waals surface area contributed by atoms with Gasteiger partial charge in [-0.25, -0.2) is 13.1 Å². The van der Waals surface area contributed by atoms with E-state index in [1.807, 2.05) is 6.92 Å². The number of hydrogen-bond acceptors (Lipinski definition) is 3.